The number of urea groups is 1. The number of hydrazine groups is 1. The smallest absolute Gasteiger partial charge is 0.334 e. The van der Waals surface area contributed by atoms with Gasteiger partial charge in [-0.3, -0.25) is 14.4 Å². The Morgan fingerprint density at radius 1 is 1.18 bits per heavy atom. The molecule has 0 radical (unpaired) electrons. The number of hydrogen-bond donors (Lipinski definition) is 2. The van der Waals surface area contributed by atoms with E-state index >= 15 is 0 Å². The zero-order chi connectivity index (χ0) is 24.1. The van der Waals surface area contributed by atoms with Crippen LogP contribution in [-0.4, -0.2) is 108 Å². The highest BCUT2D eigenvalue weighted by molar-refractivity contribution is 5.93. The summed E-state index contributed by atoms with van der Waals surface area (Å²) in [6.45, 7) is 0.581. The predicted octanol–water partition coefficient (Wildman–Crippen LogP) is -0.446. The zero-order valence-electron chi connectivity index (χ0n) is 18.9. The van der Waals surface area contributed by atoms with Crippen LogP contribution in [0.1, 0.15) is 12.0 Å². The Hall–Kier alpha value is -3.38. The topological polar surface area (TPSA) is 132 Å². The summed E-state index contributed by atoms with van der Waals surface area (Å²) in [5.41, 5.74) is 0.848. The van der Waals surface area contributed by atoms with Crippen LogP contribution in [0.3, 0.4) is 0 Å². The first-order valence-corrected chi connectivity index (χ1v) is 10.5. The third kappa shape index (κ3) is 5.34. The van der Waals surface area contributed by atoms with Crippen LogP contribution in [0.25, 0.3) is 0 Å². The second kappa shape index (κ2) is 10.5. The van der Waals surface area contributed by atoms with Crippen LogP contribution < -0.4 is 10.1 Å². The molecule has 2 aliphatic rings. The maximum atomic E-state index is 13.2. The summed E-state index contributed by atoms with van der Waals surface area (Å²) in [6, 6.07) is 5.55. The lowest BCUT2D eigenvalue weighted by Gasteiger charge is -2.54. The summed E-state index contributed by atoms with van der Waals surface area (Å²) < 4.78 is 10.2. The molecule has 2 N–H and O–H groups in total. The Morgan fingerprint density at radius 3 is 2.48 bits per heavy atom. The monoisotopic (exact) mass is 463 g/mol. The predicted molar refractivity (Wildman–Crippen MR) is 115 cm³/mol. The molecule has 2 aliphatic heterocycles. The van der Waals surface area contributed by atoms with Crippen molar-refractivity contribution in [1.29, 1.82) is 0 Å². The summed E-state index contributed by atoms with van der Waals surface area (Å²) in [4.78, 5) is 53.1. The Balaban J connectivity index is 1.82. The van der Waals surface area contributed by atoms with E-state index in [1.807, 2.05) is 12.1 Å². The van der Waals surface area contributed by atoms with Crippen LogP contribution in [-0.2, 0) is 25.7 Å². The molecule has 2 fully saturated rings. The third-order valence-electron chi connectivity index (χ3n) is 5.68. The minimum absolute atomic E-state index is 0.0460. The lowest BCUT2D eigenvalue weighted by atomic mass is 10.0. The molecule has 12 heteroatoms. The molecular formula is C21H29N5O7. The van der Waals surface area contributed by atoms with Gasteiger partial charge in [0.1, 0.15) is 18.0 Å². The first-order chi connectivity index (χ1) is 15.8. The standard InChI is InChI=1S/C21H29N5O7/c1-23-13-18(27)25-16(10-19(28)29)20(30)24(8-9-32-2)12-17(25)26(23)21(31)22-11-14-4-6-15(33-3)7-5-14/h4-7,16-17H,8-13H2,1-3H3,(H,22,31)(H,28,29). The van der Waals surface area contributed by atoms with Crippen LogP contribution in [0.15, 0.2) is 24.3 Å². The number of carbonyl (C=O) groups is 4. The second-order valence-corrected chi connectivity index (χ2v) is 7.84. The van der Waals surface area contributed by atoms with Crippen LogP contribution in [0.5, 0.6) is 5.75 Å². The lowest BCUT2D eigenvalue weighted by Crippen LogP contribution is -2.76. The number of likely N-dealkylation sites (N-methyl/N-ethyl adjacent to an activating group) is 1. The van der Waals surface area contributed by atoms with Gasteiger partial charge in [-0.25, -0.2) is 14.8 Å². The summed E-state index contributed by atoms with van der Waals surface area (Å²) in [5, 5.41) is 15.0. The molecule has 2 atom stereocenters. The van der Waals surface area contributed by atoms with Crippen LogP contribution in [0, 0.1) is 0 Å². The molecule has 0 saturated carbocycles. The largest absolute Gasteiger partial charge is 0.497 e. The molecule has 2 heterocycles. The maximum absolute atomic E-state index is 13.2. The van der Waals surface area contributed by atoms with E-state index in [1.165, 1.54) is 26.9 Å². The number of carbonyl (C=O) groups excluding carboxylic acids is 3. The van der Waals surface area contributed by atoms with Gasteiger partial charge in [-0.1, -0.05) is 12.1 Å². The number of methoxy groups -OCH3 is 2. The molecule has 0 aromatic heterocycles. The number of rotatable bonds is 8. The summed E-state index contributed by atoms with van der Waals surface area (Å²) in [7, 11) is 4.66. The van der Waals surface area contributed by atoms with Crippen LogP contribution in [0.2, 0.25) is 0 Å². The van der Waals surface area contributed by atoms with Gasteiger partial charge in [0, 0.05) is 27.2 Å². The average molecular weight is 463 g/mol. The number of nitrogens with one attached hydrogen (secondary N) is 1. The van der Waals surface area contributed by atoms with Crippen molar-refractivity contribution < 1.29 is 33.8 Å². The SMILES string of the molecule is COCCN1CC2N(C(=O)CN(C)N2C(=O)NCc2ccc(OC)cc2)C(CC(=O)O)C1=O. The van der Waals surface area contributed by atoms with Crippen LogP contribution >= 0.6 is 0 Å². The normalized spacial score (nSPS) is 21.1. The van der Waals surface area contributed by atoms with Crippen molar-refractivity contribution in [2.24, 2.45) is 0 Å². The van der Waals surface area contributed by atoms with Crippen molar-refractivity contribution in [3.63, 3.8) is 0 Å². The molecule has 3 rings (SSSR count). The number of piperazine rings is 1. The van der Waals surface area contributed by atoms with Crippen molar-refractivity contribution in [2.45, 2.75) is 25.2 Å². The molecule has 180 valence electrons. The van der Waals surface area contributed by atoms with Gasteiger partial charge in [-0.05, 0) is 17.7 Å². The molecule has 1 aromatic rings. The average Bonchev–Trinajstić information content (AvgIpc) is 2.78. The Labute approximate surface area is 191 Å². The van der Waals surface area contributed by atoms with Gasteiger partial charge in [0.05, 0.1) is 33.2 Å². The van der Waals surface area contributed by atoms with Gasteiger partial charge in [-0.15, -0.1) is 0 Å². The van der Waals surface area contributed by atoms with Gasteiger partial charge in [0.2, 0.25) is 11.8 Å². The fourth-order valence-electron chi connectivity index (χ4n) is 4.08. The number of nitrogens with zero attached hydrogens (tertiary/aromatic N) is 4. The number of fused-ring (bicyclic) bond motifs is 1. The molecule has 2 saturated heterocycles. The Morgan fingerprint density at radius 2 is 1.88 bits per heavy atom. The minimum Gasteiger partial charge on any atom is -0.497 e. The number of amides is 4. The molecule has 0 aliphatic carbocycles. The number of benzene rings is 1. The van der Waals surface area contributed by atoms with Gasteiger partial charge in [0.15, 0.2) is 0 Å². The molecule has 0 spiro atoms. The zero-order valence-corrected chi connectivity index (χ0v) is 18.9. The fourth-order valence-corrected chi connectivity index (χ4v) is 4.08. The molecule has 2 unspecified atom stereocenters. The minimum atomic E-state index is -1.21. The maximum Gasteiger partial charge on any atom is 0.334 e. The third-order valence-corrected chi connectivity index (χ3v) is 5.68. The number of ether oxygens (including phenoxy) is 2. The molecule has 4 amide bonds. The van der Waals surface area contributed by atoms with Crippen molar-refractivity contribution >= 4 is 23.8 Å². The van der Waals surface area contributed by atoms with E-state index in [0.717, 1.165) is 5.56 Å². The van der Waals surface area contributed by atoms with Gasteiger partial charge in [-0.2, -0.15) is 0 Å². The summed E-state index contributed by atoms with van der Waals surface area (Å²) in [5.74, 6) is -1.39. The summed E-state index contributed by atoms with van der Waals surface area (Å²) in [6.07, 6.45) is -1.39. The Kier molecular flexibility index (Phi) is 7.71. The highest BCUT2D eigenvalue weighted by Crippen LogP contribution is 2.27. The van der Waals surface area contributed by atoms with E-state index < -0.39 is 42.4 Å². The second-order valence-electron chi connectivity index (χ2n) is 7.84. The van der Waals surface area contributed by atoms with E-state index in [-0.39, 0.29) is 32.8 Å². The molecule has 12 nitrogen and oxygen atoms in total. The van der Waals surface area contributed by atoms with Gasteiger partial charge in [0.25, 0.3) is 0 Å². The molecule has 33 heavy (non-hydrogen) atoms. The molecular weight excluding hydrogens is 434 g/mol. The lowest BCUT2D eigenvalue weighted by molar-refractivity contribution is -0.188. The molecule has 1 aromatic carbocycles. The first-order valence-electron chi connectivity index (χ1n) is 10.5. The van der Waals surface area contributed by atoms with Crippen molar-refractivity contribution in [3.8, 4) is 5.75 Å². The van der Waals surface area contributed by atoms with Gasteiger partial charge < -0.3 is 29.7 Å². The highest BCUT2D eigenvalue weighted by atomic mass is 16.5. The van der Waals surface area contributed by atoms with Crippen LogP contribution in [0.4, 0.5) is 4.79 Å². The number of carboxylic acids is 1. The first kappa shape index (κ1) is 24.3. The van der Waals surface area contributed by atoms with Gasteiger partial charge >= 0.3 is 12.0 Å². The van der Waals surface area contributed by atoms with E-state index in [4.69, 9.17) is 9.47 Å². The highest BCUT2D eigenvalue weighted by Gasteiger charge is 2.51. The Bertz CT molecular complexity index is 893. The fraction of sp³-hybridized carbons (Fsp3) is 0.524. The van der Waals surface area contributed by atoms with E-state index in [0.29, 0.717) is 5.75 Å². The quantitative estimate of drug-likeness (QED) is 0.530. The van der Waals surface area contributed by atoms with E-state index in [1.54, 1.807) is 26.3 Å². The number of carboxylic acid groups (broad SMARTS) is 1. The van der Waals surface area contributed by atoms with Crippen molar-refractivity contribution in [2.75, 3.05) is 47.5 Å². The number of hydrogen-bond acceptors (Lipinski definition) is 7. The van der Waals surface area contributed by atoms with E-state index in [2.05, 4.69) is 5.32 Å². The van der Waals surface area contributed by atoms with Crippen molar-refractivity contribution in [1.82, 2.24) is 25.1 Å². The number of aliphatic carboxylic acids is 1. The van der Waals surface area contributed by atoms with E-state index in [9.17, 15) is 24.3 Å². The van der Waals surface area contributed by atoms with Crippen molar-refractivity contribution in [3.05, 3.63) is 29.8 Å². The molecule has 0 bridgehead atoms. The summed E-state index contributed by atoms with van der Waals surface area (Å²) >= 11 is 0.